The number of nitrogens with one attached hydrogen (secondary N) is 2. The Hall–Kier alpha value is -0.960. The van der Waals surface area contributed by atoms with Crippen molar-refractivity contribution in [3.63, 3.8) is 0 Å². The maximum atomic E-state index is 11.9. The van der Waals surface area contributed by atoms with E-state index in [-0.39, 0.29) is 11.5 Å². The number of hydrogen-bond acceptors (Lipinski definition) is 6. The van der Waals surface area contributed by atoms with Gasteiger partial charge in [0.1, 0.15) is 0 Å². The first-order chi connectivity index (χ1) is 10.0. The van der Waals surface area contributed by atoms with Crippen molar-refractivity contribution in [3.05, 3.63) is 18.2 Å². The molecular formula is C13H23N3O3S2. The van der Waals surface area contributed by atoms with Gasteiger partial charge in [0.25, 0.3) is 0 Å². The number of sulfonamides is 1. The smallest absolute Gasteiger partial charge is 0.240 e. The van der Waals surface area contributed by atoms with E-state index in [4.69, 9.17) is 10.8 Å². The van der Waals surface area contributed by atoms with Gasteiger partial charge >= 0.3 is 0 Å². The van der Waals surface area contributed by atoms with E-state index >= 15 is 0 Å². The normalized spacial score (nSPS) is 11.5. The molecule has 8 heteroatoms. The average molecular weight is 333 g/mol. The molecule has 1 rings (SSSR count). The summed E-state index contributed by atoms with van der Waals surface area (Å²) in [6, 6.07) is 4.63. The molecule has 0 bridgehead atoms. The van der Waals surface area contributed by atoms with Crippen molar-refractivity contribution in [1.82, 2.24) is 4.72 Å². The fraction of sp³-hybridized carbons (Fsp3) is 0.538. The summed E-state index contributed by atoms with van der Waals surface area (Å²) in [4.78, 5) is 0.203. The summed E-state index contributed by atoms with van der Waals surface area (Å²) >= 11 is 1.73. The second-order valence-corrected chi connectivity index (χ2v) is 7.36. The molecule has 0 saturated carbocycles. The van der Waals surface area contributed by atoms with Crippen LogP contribution in [0.3, 0.4) is 0 Å². The van der Waals surface area contributed by atoms with Gasteiger partial charge in [-0.05, 0) is 30.4 Å². The van der Waals surface area contributed by atoms with Crippen molar-refractivity contribution in [2.75, 3.05) is 42.3 Å². The minimum absolute atomic E-state index is 0.203. The van der Waals surface area contributed by atoms with Crippen molar-refractivity contribution in [3.8, 4) is 0 Å². The van der Waals surface area contributed by atoms with E-state index in [2.05, 4.69) is 10.0 Å². The monoisotopic (exact) mass is 333 g/mol. The number of anilines is 2. The molecule has 120 valence electrons. The third kappa shape index (κ3) is 6.13. The fourth-order valence-electron chi connectivity index (χ4n) is 1.66. The van der Waals surface area contributed by atoms with Crippen LogP contribution in [0.5, 0.6) is 0 Å². The highest BCUT2D eigenvalue weighted by Crippen LogP contribution is 2.22. The molecule has 1 aromatic rings. The zero-order chi connectivity index (χ0) is 15.7. The Morgan fingerprint density at radius 1 is 1.33 bits per heavy atom. The van der Waals surface area contributed by atoms with Gasteiger partial charge in [0.05, 0.1) is 16.3 Å². The molecule has 0 spiro atoms. The van der Waals surface area contributed by atoms with Crippen LogP contribution in [0.1, 0.15) is 13.3 Å². The number of benzene rings is 1. The summed E-state index contributed by atoms with van der Waals surface area (Å²) in [5.41, 5.74) is 6.99. The number of nitrogens with two attached hydrogens (primary N) is 1. The van der Waals surface area contributed by atoms with Crippen LogP contribution in [0.25, 0.3) is 0 Å². The zero-order valence-electron chi connectivity index (χ0n) is 12.1. The maximum Gasteiger partial charge on any atom is 0.240 e. The van der Waals surface area contributed by atoms with E-state index in [1.54, 1.807) is 30.8 Å². The van der Waals surface area contributed by atoms with Crippen LogP contribution in [0.15, 0.2) is 23.1 Å². The summed E-state index contributed by atoms with van der Waals surface area (Å²) in [6.07, 6.45) is 0.781. The van der Waals surface area contributed by atoms with Crippen LogP contribution in [0, 0.1) is 0 Å². The highest BCUT2D eigenvalue weighted by atomic mass is 32.2. The molecule has 0 unspecified atom stereocenters. The Bertz CT molecular complexity index is 535. The first-order valence-corrected chi connectivity index (χ1v) is 9.46. The van der Waals surface area contributed by atoms with Gasteiger partial charge in [-0.2, -0.15) is 11.8 Å². The standard InChI is InChI=1S/C13H23N3O3S2/c1-2-16-21(18,19)11-4-5-12(14)13(10-11)15-6-9-20-8-3-7-17/h4-5,10,15-17H,2-3,6-9,14H2,1H3. The van der Waals surface area contributed by atoms with Gasteiger partial charge in [0, 0.05) is 25.4 Å². The first kappa shape index (κ1) is 18.1. The van der Waals surface area contributed by atoms with Gasteiger partial charge < -0.3 is 16.2 Å². The van der Waals surface area contributed by atoms with Crippen LogP contribution >= 0.6 is 11.8 Å². The SMILES string of the molecule is CCNS(=O)(=O)c1ccc(N)c(NCCSCCCO)c1. The number of rotatable bonds is 10. The molecule has 0 saturated heterocycles. The molecule has 0 amide bonds. The molecule has 0 aliphatic rings. The minimum Gasteiger partial charge on any atom is -0.397 e. The minimum atomic E-state index is -3.47. The fourth-order valence-corrected chi connectivity index (χ4v) is 3.51. The lowest BCUT2D eigenvalue weighted by Crippen LogP contribution is -2.23. The van der Waals surface area contributed by atoms with E-state index in [1.807, 2.05) is 0 Å². The summed E-state index contributed by atoms with van der Waals surface area (Å²) in [7, 11) is -3.47. The molecule has 0 atom stereocenters. The van der Waals surface area contributed by atoms with E-state index in [1.165, 1.54) is 6.07 Å². The summed E-state index contributed by atoms with van der Waals surface area (Å²) in [5, 5.41) is 11.8. The van der Waals surface area contributed by atoms with Gasteiger partial charge in [0.2, 0.25) is 10.0 Å². The van der Waals surface area contributed by atoms with E-state index in [9.17, 15) is 8.42 Å². The Morgan fingerprint density at radius 3 is 2.76 bits per heavy atom. The van der Waals surface area contributed by atoms with Crippen molar-refractivity contribution in [2.24, 2.45) is 0 Å². The van der Waals surface area contributed by atoms with Crippen LogP contribution in [-0.4, -0.2) is 44.7 Å². The Balaban J connectivity index is 2.62. The third-order valence-corrected chi connectivity index (χ3v) is 5.29. The summed E-state index contributed by atoms with van der Waals surface area (Å²) in [5.74, 6) is 1.77. The molecule has 0 aromatic heterocycles. The van der Waals surface area contributed by atoms with Crippen LogP contribution in [-0.2, 0) is 10.0 Å². The Labute approximate surface area is 130 Å². The molecule has 0 aliphatic heterocycles. The molecule has 0 aliphatic carbocycles. The quantitative estimate of drug-likeness (QED) is 0.377. The van der Waals surface area contributed by atoms with E-state index in [0.29, 0.717) is 24.5 Å². The van der Waals surface area contributed by atoms with Crippen LogP contribution < -0.4 is 15.8 Å². The predicted molar refractivity (Wildman–Crippen MR) is 89.2 cm³/mol. The second-order valence-electron chi connectivity index (χ2n) is 4.37. The highest BCUT2D eigenvalue weighted by Gasteiger charge is 2.14. The average Bonchev–Trinajstić information content (AvgIpc) is 2.44. The topological polar surface area (TPSA) is 104 Å². The van der Waals surface area contributed by atoms with Gasteiger partial charge in [-0.15, -0.1) is 0 Å². The van der Waals surface area contributed by atoms with Gasteiger partial charge in [-0.1, -0.05) is 6.92 Å². The zero-order valence-corrected chi connectivity index (χ0v) is 13.8. The van der Waals surface area contributed by atoms with Crippen molar-refractivity contribution in [2.45, 2.75) is 18.2 Å². The second kappa shape index (κ2) is 9.14. The molecule has 0 fully saturated rings. The molecular weight excluding hydrogens is 310 g/mol. The largest absolute Gasteiger partial charge is 0.397 e. The number of thioether (sulfide) groups is 1. The van der Waals surface area contributed by atoms with Crippen LogP contribution in [0.4, 0.5) is 11.4 Å². The molecule has 5 N–H and O–H groups in total. The lowest BCUT2D eigenvalue weighted by molar-refractivity contribution is 0.296. The number of nitrogen functional groups attached to an aromatic ring is 1. The third-order valence-electron chi connectivity index (χ3n) is 2.68. The number of aliphatic hydroxyl groups is 1. The van der Waals surface area contributed by atoms with Crippen molar-refractivity contribution >= 4 is 33.2 Å². The summed E-state index contributed by atoms with van der Waals surface area (Å²) < 4.78 is 26.3. The van der Waals surface area contributed by atoms with E-state index in [0.717, 1.165) is 17.9 Å². The van der Waals surface area contributed by atoms with Gasteiger partial charge in [-0.3, -0.25) is 0 Å². The molecule has 6 nitrogen and oxygen atoms in total. The molecule has 0 heterocycles. The highest BCUT2D eigenvalue weighted by molar-refractivity contribution is 7.99. The van der Waals surface area contributed by atoms with Crippen LogP contribution in [0.2, 0.25) is 0 Å². The first-order valence-electron chi connectivity index (χ1n) is 6.83. The van der Waals surface area contributed by atoms with Crippen molar-refractivity contribution < 1.29 is 13.5 Å². The number of aliphatic hydroxyl groups excluding tert-OH is 1. The molecule has 0 radical (unpaired) electrons. The van der Waals surface area contributed by atoms with E-state index < -0.39 is 10.0 Å². The molecule has 21 heavy (non-hydrogen) atoms. The number of hydrogen-bond donors (Lipinski definition) is 4. The summed E-state index contributed by atoms with van der Waals surface area (Å²) in [6.45, 7) is 2.97. The van der Waals surface area contributed by atoms with Gasteiger partial charge in [0.15, 0.2) is 0 Å². The Morgan fingerprint density at radius 2 is 2.10 bits per heavy atom. The van der Waals surface area contributed by atoms with Gasteiger partial charge in [-0.25, -0.2) is 13.1 Å². The van der Waals surface area contributed by atoms with Crippen molar-refractivity contribution in [1.29, 1.82) is 0 Å². The predicted octanol–water partition coefficient (Wildman–Crippen LogP) is 1.09. The Kier molecular flexibility index (Phi) is 7.87. The maximum absolute atomic E-state index is 11.9. The molecule has 1 aromatic carbocycles. The lowest BCUT2D eigenvalue weighted by atomic mass is 10.2. The lowest BCUT2D eigenvalue weighted by Gasteiger charge is -2.12.